The van der Waals surface area contributed by atoms with Crippen LogP contribution in [0.3, 0.4) is 0 Å². The smallest absolute Gasteiger partial charge is 0.134 e. The van der Waals surface area contributed by atoms with Crippen LogP contribution >= 0.6 is 0 Å². The number of nitrogens with zero attached hydrogens (tertiary/aromatic N) is 1. The number of hydrogen-bond acceptors (Lipinski definition) is 3. The van der Waals surface area contributed by atoms with Crippen molar-refractivity contribution in [2.24, 2.45) is 5.41 Å². The fraction of sp³-hybridized carbons (Fsp3) is 0.615. The first-order chi connectivity index (χ1) is 7.61. The number of pyridine rings is 1. The highest BCUT2D eigenvalue weighted by Gasteiger charge is 2.27. The van der Waals surface area contributed by atoms with E-state index in [4.69, 9.17) is 4.74 Å². The third-order valence-electron chi connectivity index (χ3n) is 2.91. The Labute approximate surface area is 97.2 Å². The van der Waals surface area contributed by atoms with Crippen molar-refractivity contribution in [2.45, 2.75) is 33.4 Å². The molecule has 0 spiro atoms. The molecule has 0 saturated carbocycles. The zero-order chi connectivity index (χ0) is 11.6. The van der Waals surface area contributed by atoms with E-state index in [-0.39, 0.29) is 11.6 Å². The first-order valence-electron chi connectivity index (χ1n) is 5.90. The van der Waals surface area contributed by atoms with Crippen molar-refractivity contribution >= 4 is 0 Å². The number of nitrogens with one attached hydrogen (secondary N) is 1. The minimum Gasteiger partial charge on any atom is -0.358 e. The van der Waals surface area contributed by atoms with Crippen molar-refractivity contribution in [3.63, 3.8) is 0 Å². The van der Waals surface area contributed by atoms with E-state index in [2.05, 4.69) is 37.1 Å². The zero-order valence-corrected chi connectivity index (χ0v) is 10.3. The number of aryl methyl sites for hydroxylation is 1. The monoisotopic (exact) mass is 220 g/mol. The van der Waals surface area contributed by atoms with Gasteiger partial charge in [-0.2, -0.15) is 0 Å². The van der Waals surface area contributed by atoms with Gasteiger partial charge < -0.3 is 4.74 Å². The van der Waals surface area contributed by atoms with Gasteiger partial charge in [-0.05, 0) is 24.1 Å². The van der Waals surface area contributed by atoms with Gasteiger partial charge in [0.15, 0.2) is 0 Å². The molecule has 1 aliphatic heterocycles. The summed E-state index contributed by atoms with van der Waals surface area (Å²) < 4.78 is 5.84. The molecule has 1 fully saturated rings. The molecule has 0 amide bonds. The maximum atomic E-state index is 5.84. The van der Waals surface area contributed by atoms with Crippen molar-refractivity contribution in [3.8, 4) is 0 Å². The molecule has 2 rings (SSSR count). The Morgan fingerprint density at radius 3 is 3.00 bits per heavy atom. The third-order valence-corrected chi connectivity index (χ3v) is 2.91. The lowest BCUT2D eigenvalue weighted by atomic mass is 9.93. The Morgan fingerprint density at radius 2 is 2.38 bits per heavy atom. The molecule has 1 aliphatic rings. The Hall–Kier alpha value is -0.930. The number of rotatable bonds is 2. The molecule has 16 heavy (non-hydrogen) atoms. The quantitative estimate of drug-likeness (QED) is 0.830. The average Bonchev–Trinajstić information content (AvgIpc) is 2.29. The Bertz CT molecular complexity index is 353. The van der Waals surface area contributed by atoms with Crippen LogP contribution < -0.4 is 5.32 Å². The number of aromatic nitrogens is 1. The highest BCUT2D eigenvalue weighted by atomic mass is 16.5. The summed E-state index contributed by atoms with van der Waals surface area (Å²) in [5.41, 5.74) is 2.53. The molecule has 1 atom stereocenters. The van der Waals surface area contributed by atoms with Gasteiger partial charge in [0.25, 0.3) is 0 Å². The number of hydrogen-bond donors (Lipinski definition) is 1. The summed E-state index contributed by atoms with van der Waals surface area (Å²) in [5, 5.41) is 3.43. The number of ether oxygens (including phenoxy) is 1. The zero-order valence-electron chi connectivity index (χ0n) is 10.3. The molecule has 1 aromatic heterocycles. The maximum absolute atomic E-state index is 5.84. The van der Waals surface area contributed by atoms with Gasteiger partial charge in [-0.25, -0.2) is 0 Å². The van der Waals surface area contributed by atoms with Crippen LogP contribution in [0.2, 0.25) is 0 Å². The summed E-state index contributed by atoms with van der Waals surface area (Å²) in [4.78, 5) is 4.30. The van der Waals surface area contributed by atoms with E-state index in [1.807, 2.05) is 12.3 Å². The van der Waals surface area contributed by atoms with Gasteiger partial charge in [-0.3, -0.25) is 10.3 Å². The summed E-state index contributed by atoms with van der Waals surface area (Å²) >= 11 is 0. The van der Waals surface area contributed by atoms with Gasteiger partial charge in [0.2, 0.25) is 0 Å². The first kappa shape index (κ1) is 11.6. The highest BCUT2D eigenvalue weighted by Crippen LogP contribution is 2.26. The van der Waals surface area contributed by atoms with Gasteiger partial charge >= 0.3 is 0 Å². The summed E-state index contributed by atoms with van der Waals surface area (Å²) in [6.07, 6.45) is 2.85. The van der Waals surface area contributed by atoms with E-state index in [0.29, 0.717) is 0 Å². The van der Waals surface area contributed by atoms with Crippen molar-refractivity contribution in [2.75, 3.05) is 13.2 Å². The molecule has 3 heteroatoms. The first-order valence-corrected chi connectivity index (χ1v) is 5.90. The van der Waals surface area contributed by atoms with E-state index in [9.17, 15) is 0 Å². The molecular weight excluding hydrogens is 200 g/mol. The van der Waals surface area contributed by atoms with Gasteiger partial charge in [0.1, 0.15) is 6.23 Å². The van der Waals surface area contributed by atoms with E-state index >= 15 is 0 Å². The molecule has 1 aromatic rings. The molecule has 3 nitrogen and oxygen atoms in total. The van der Waals surface area contributed by atoms with E-state index < -0.39 is 0 Å². The lowest BCUT2D eigenvalue weighted by Gasteiger charge is -2.35. The summed E-state index contributed by atoms with van der Waals surface area (Å²) in [5.74, 6) is 0. The Kier molecular flexibility index (Phi) is 3.26. The van der Waals surface area contributed by atoms with Crippen LogP contribution in [-0.2, 0) is 11.2 Å². The van der Waals surface area contributed by atoms with Crippen LogP contribution in [0.4, 0.5) is 0 Å². The second kappa shape index (κ2) is 4.52. The van der Waals surface area contributed by atoms with Crippen LogP contribution in [0.1, 0.15) is 38.3 Å². The van der Waals surface area contributed by atoms with Crippen LogP contribution in [0.15, 0.2) is 18.3 Å². The highest BCUT2D eigenvalue weighted by molar-refractivity contribution is 5.19. The second-order valence-electron chi connectivity index (χ2n) is 5.17. The normalized spacial score (nSPS) is 24.3. The van der Waals surface area contributed by atoms with E-state index in [1.54, 1.807) is 0 Å². The lowest BCUT2D eigenvalue weighted by Crippen LogP contribution is -2.43. The van der Waals surface area contributed by atoms with Crippen molar-refractivity contribution < 1.29 is 4.74 Å². The molecule has 88 valence electrons. The molecule has 0 radical (unpaired) electrons. The molecule has 1 unspecified atom stereocenters. The molecular formula is C13H20N2O. The van der Waals surface area contributed by atoms with Gasteiger partial charge in [-0.1, -0.05) is 20.8 Å². The van der Waals surface area contributed by atoms with Crippen LogP contribution in [0, 0.1) is 5.41 Å². The van der Waals surface area contributed by atoms with Crippen LogP contribution in [0.25, 0.3) is 0 Å². The van der Waals surface area contributed by atoms with Crippen molar-refractivity contribution in [1.29, 1.82) is 0 Å². The largest absolute Gasteiger partial charge is 0.358 e. The third kappa shape index (κ3) is 2.60. The van der Waals surface area contributed by atoms with Gasteiger partial charge in [0.05, 0.1) is 6.61 Å². The Morgan fingerprint density at radius 1 is 1.56 bits per heavy atom. The standard InChI is InChI=1S/C13H20N2O/c1-4-11-7-10(5-6-14-11)12-15-8-13(2,3)9-16-12/h5-7,12,15H,4,8-9H2,1-3H3. The van der Waals surface area contributed by atoms with Crippen LogP contribution in [0.5, 0.6) is 0 Å². The van der Waals surface area contributed by atoms with Crippen LogP contribution in [-0.4, -0.2) is 18.1 Å². The van der Waals surface area contributed by atoms with E-state index in [0.717, 1.165) is 25.3 Å². The lowest BCUT2D eigenvalue weighted by molar-refractivity contribution is -0.0595. The summed E-state index contributed by atoms with van der Waals surface area (Å²) in [7, 11) is 0. The summed E-state index contributed by atoms with van der Waals surface area (Å²) in [6, 6.07) is 4.14. The molecule has 1 saturated heterocycles. The second-order valence-corrected chi connectivity index (χ2v) is 5.17. The summed E-state index contributed by atoms with van der Waals surface area (Å²) in [6.45, 7) is 8.32. The average molecular weight is 220 g/mol. The fourth-order valence-corrected chi connectivity index (χ4v) is 1.86. The molecule has 0 aliphatic carbocycles. The van der Waals surface area contributed by atoms with Crippen molar-refractivity contribution in [3.05, 3.63) is 29.6 Å². The van der Waals surface area contributed by atoms with Gasteiger partial charge in [-0.15, -0.1) is 0 Å². The Balaban J connectivity index is 2.08. The topological polar surface area (TPSA) is 34.1 Å². The van der Waals surface area contributed by atoms with Crippen molar-refractivity contribution in [1.82, 2.24) is 10.3 Å². The minimum atomic E-state index is 0.0290. The molecule has 0 aromatic carbocycles. The molecule has 0 bridgehead atoms. The molecule has 1 N–H and O–H groups in total. The predicted octanol–water partition coefficient (Wildman–Crippen LogP) is 2.29. The van der Waals surface area contributed by atoms with Gasteiger partial charge in [0, 0.05) is 23.9 Å². The molecule has 2 heterocycles. The maximum Gasteiger partial charge on any atom is 0.134 e. The fourth-order valence-electron chi connectivity index (χ4n) is 1.86. The van der Waals surface area contributed by atoms with E-state index in [1.165, 1.54) is 5.56 Å². The predicted molar refractivity (Wildman–Crippen MR) is 64.1 cm³/mol. The minimum absolute atomic E-state index is 0.0290. The SMILES string of the molecule is CCc1cc(C2NCC(C)(C)CO2)ccn1.